The van der Waals surface area contributed by atoms with Gasteiger partial charge in [0.1, 0.15) is 12.1 Å². The molecule has 0 aliphatic heterocycles. The molecule has 0 spiro atoms. The Bertz CT molecular complexity index is 1170. The fourth-order valence-electron chi connectivity index (χ4n) is 3.21. The first-order valence-electron chi connectivity index (χ1n) is 9.22. The lowest BCUT2D eigenvalue weighted by Gasteiger charge is -2.21. The van der Waals surface area contributed by atoms with E-state index < -0.39 is 35.2 Å². The number of aromatic nitrogens is 2. The van der Waals surface area contributed by atoms with Crippen LogP contribution in [0.2, 0.25) is 0 Å². The van der Waals surface area contributed by atoms with E-state index in [2.05, 4.69) is 10.3 Å². The average molecular weight is 427 g/mol. The number of hydrogen-bond acceptors (Lipinski definition) is 5. The first kappa shape index (κ1) is 21.4. The van der Waals surface area contributed by atoms with Gasteiger partial charge in [0.25, 0.3) is 5.56 Å². The number of benzene rings is 2. The van der Waals surface area contributed by atoms with Crippen LogP contribution in [0.25, 0.3) is 10.9 Å². The van der Waals surface area contributed by atoms with Crippen molar-refractivity contribution < 1.29 is 14.7 Å². The summed E-state index contributed by atoms with van der Waals surface area (Å²) in [5.41, 5.74) is -0.240. The Kier molecular flexibility index (Phi) is 6.73. The molecule has 0 saturated carbocycles. The number of fused-ring (bicyclic) bond motifs is 1. The molecule has 1 aromatic heterocycles. The molecule has 0 aliphatic rings. The number of nitrogens with zero attached hydrogens (tertiary/aromatic N) is 1. The van der Waals surface area contributed by atoms with Crippen LogP contribution in [0.3, 0.4) is 0 Å². The normalized spacial score (nSPS) is 13.0. The van der Waals surface area contributed by atoms with Gasteiger partial charge in [0.2, 0.25) is 5.91 Å². The van der Waals surface area contributed by atoms with Gasteiger partial charge in [-0.2, -0.15) is 11.8 Å². The highest BCUT2D eigenvalue weighted by Gasteiger charge is 2.29. The van der Waals surface area contributed by atoms with Crippen molar-refractivity contribution in [3.05, 3.63) is 81.0 Å². The van der Waals surface area contributed by atoms with Crippen molar-refractivity contribution in [1.82, 2.24) is 14.9 Å². The van der Waals surface area contributed by atoms with E-state index in [1.165, 1.54) is 11.8 Å². The third-order valence-corrected chi connectivity index (χ3v) is 5.34. The highest BCUT2D eigenvalue weighted by molar-refractivity contribution is 7.98. The van der Waals surface area contributed by atoms with Crippen LogP contribution in [0.15, 0.2) is 64.2 Å². The molecule has 9 heteroatoms. The van der Waals surface area contributed by atoms with E-state index in [4.69, 9.17) is 0 Å². The smallest absolute Gasteiger partial charge is 0.329 e. The van der Waals surface area contributed by atoms with Gasteiger partial charge in [-0.25, -0.2) is 14.2 Å². The summed E-state index contributed by atoms with van der Waals surface area (Å²) >= 11 is 1.27. The van der Waals surface area contributed by atoms with Gasteiger partial charge in [-0.15, -0.1) is 0 Å². The second kappa shape index (κ2) is 9.45. The van der Waals surface area contributed by atoms with Crippen LogP contribution in [0.4, 0.5) is 0 Å². The van der Waals surface area contributed by atoms with Crippen LogP contribution in [0.5, 0.6) is 0 Å². The minimum atomic E-state index is -1.21. The largest absolute Gasteiger partial charge is 0.480 e. The molecule has 0 radical (unpaired) electrons. The van der Waals surface area contributed by atoms with Gasteiger partial charge in [-0.1, -0.05) is 42.5 Å². The third kappa shape index (κ3) is 4.62. The lowest BCUT2D eigenvalue weighted by Crippen LogP contribution is -2.50. The molecular formula is C21H21N3O5S. The number of aliphatic carboxylic acids is 1. The van der Waals surface area contributed by atoms with E-state index in [1.54, 1.807) is 54.8 Å². The molecule has 30 heavy (non-hydrogen) atoms. The van der Waals surface area contributed by atoms with E-state index in [9.17, 15) is 24.3 Å². The maximum absolute atomic E-state index is 13.1. The molecule has 0 bridgehead atoms. The number of nitrogens with one attached hydrogen (secondary N) is 2. The predicted molar refractivity (Wildman–Crippen MR) is 116 cm³/mol. The Morgan fingerprint density at radius 2 is 1.77 bits per heavy atom. The summed E-state index contributed by atoms with van der Waals surface area (Å²) in [5, 5.41) is 12.1. The standard InChI is InChI=1S/C21H21N3O5S/c1-30-12-16(20(27)28)22-18(25)17(11-13-7-3-2-4-8-13)24-19(26)14-9-5-6-10-15(14)23-21(24)29/h2-10,16-17H,11-12H2,1H3,(H,22,25)(H,23,29)(H,27,28). The van der Waals surface area contributed by atoms with Gasteiger partial charge in [-0.05, 0) is 24.0 Å². The number of aromatic amines is 1. The van der Waals surface area contributed by atoms with Crippen molar-refractivity contribution in [3.63, 3.8) is 0 Å². The molecule has 1 amide bonds. The molecule has 0 aliphatic carbocycles. The Morgan fingerprint density at radius 1 is 1.10 bits per heavy atom. The number of carboxylic acid groups (broad SMARTS) is 1. The highest BCUT2D eigenvalue weighted by atomic mass is 32.2. The van der Waals surface area contributed by atoms with Crippen molar-refractivity contribution in [2.24, 2.45) is 0 Å². The molecule has 3 N–H and O–H groups in total. The molecule has 3 rings (SSSR count). The van der Waals surface area contributed by atoms with Gasteiger partial charge in [-0.3, -0.25) is 9.59 Å². The Hall–Kier alpha value is -3.33. The number of carboxylic acids is 1. The van der Waals surface area contributed by atoms with Crippen molar-refractivity contribution in [3.8, 4) is 0 Å². The van der Waals surface area contributed by atoms with E-state index in [1.807, 2.05) is 6.07 Å². The molecular weight excluding hydrogens is 406 g/mol. The van der Waals surface area contributed by atoms with E-state index in [0.29, 0.717) is 5.52 Å². The van der Waals surface area contributed by atoms with Gasteiger partial charge in [0, 0.05) is 12.2 Å². The van der Waals surface area contributed by atoms with Crippen LogP contribution in [0, 0.1) is 0 Å². The summed E-state index contributed by atoms with van der Waals surface area (Å²) in [6.07, 6.45) is 1.78. The monoisotopic (exact) mass is 427 g/mol. The number of H-pyrrole nitrogens is 1. The van der Waals surface area contributed by atoms with E-state index in [0.717, 1.165) is 10.1 Å². The van der Waals surface area contributed by atoms with Gasteiger partial charge in [0.15, 0.2) is 0 Å². The highest BCUT2D eigenvalue weighted by Crippen LogP contribution is 2.14. The fraction of sp³-hybridized carbons (Fsp3) is 0.238. The zero-order valence-corrected chi connectivity index (χ0v) is 17.0. The Balaban J connectivity index is 2.09. The second-order valence-electron chi connectivity index (χ2n) is 6.71. The van der Waals surface area contributed by atoms with Gasteiger partial charge >= 0.3 is 11.7 Å². The van der Waals surface area contributed by atoms with Crippen LogP contribution in [-0.4, -0.2) is 44.6 Å². The number of para-hydroxylation sites is 1. The second-order valence-corrected chi connectivity index (χ2v) is 7.62. The number of hydrogen-bond donors (Lipinski definition) is 3. The zero-order chi connectivity index (χ0) is 21.7. The minimum Gasteiger partial charge on any atom is -0.480 e. The number of carbonyl (C=O) groups excluding carboxylic acids is 1. The maximum atomic E-state index is 13.1. The van der Waals surface area contributed by atoms with Gasteiger partial charge in [0.05, 0.1) is 10.9 Å². The van der Waals surface area contributed by atoms with Crippen LogP contribution in [0.1, 0.15) is 11.6 Å². The first-order chi connectivity index (χ1) is 14.4. The Morgan fingerprint density at radius 3 is 2.43 bits per heavy atom. The van der Waals surface area contributed by atoms with E-state index >= 15 is 0 Å². The molecule has 2 aromatic carbocycles. The van der Waals surface area contributed by atoms with Crippen LogP contribution < -0.4 is 16.6 Å². The molecule has 8 nitrogen and oxygen atoms in total. The lowest BCUT2D eigenvalue weighted by atomic mass is 10.0. The van der Waals surface area contributed by atoms with E-state index in [-0.39, 0.29) is 17.6 Å². The quantitative estimate of drug-likeness (QED) is 0.500. The summed E-state index contributed by atoms with van der Waals surface area (Å²) in [6, 6.07) is 13.1. The average Bonchev–Trinajstić information content (AvgIpc) is 2.73. The molecule has 3 aromatic rings. The topological polar surface area (TPSA) is 121 Å². The number of rotatable bonds is 8. The van der Waals surface area contributed by atoms with Gasteiger partial charge < -0.3 is 15.4 Å². The van der Waals surface area contributed by atoms with Crippen molar-refractivity contribution >= 4 is 34.5 Å². The van der Waals surface area contributed by atoms with Crippen molar-refractivity contribution in [2.45, 2.75) is 18.5 Å². The molecule has 1 heterocycles. The number of carbonyl (C=O) groups is 2. The number of amides is 1. The fourth-order valence-corrected chi connectivity index (χ4v) is 3.77. The predicted octanol–water partition coefficient (Wildman–Crippen LogP) is 1.41. The Labute approximate surface area is 175 Å². The minimum absolute atomic E-state index is 0.0552. The maximum Gasteiger partial charge on any atom is 0.329 e. The summed E-state index contributed by atoms with van der Waals surface area (Å²) in [6.45, 7) is 0. The molecule has 156 valence electrons. The van der Waals surface area contributed by atoms with Crippen LogP contribution >= 0.6 is 11.8 Å². The van der Waals surface area contributed by atoms with Crippen LogP contribution in [-0.2, 0) is 16.0 Å². The van der Waals surface area contributed by atoms with Crippen molar-refractivity contribution in [2.75, 3.05) is 12.0 Å². The lowest BCUT2D eigenvalue weighted by molar-refractivity contribution is -0.141. The molecule has 0 fully saturated rings. The summed E-state index contributed by atoms with van der Waals surface area (Å²) in [5.74, 6) is -1.73. The first-order valence-corrected chi connectivity index (χ1v) is 10.6. The zero-order valence-electron chi connectivity index (χ0n) is 16.2. The molecule has 2 unspecified atom stereocenters. The molecule has 2 atom stereocenters. The summed E-state index contributed by atoms with van der Waals surface area (Å²) in [7, 11) is 0. The molecule has 0 saturated heterocycles. The summed E-state index contributed by atoms with van der Waals surface area (Å²) < 4.78 is 0.864. The number of thioether (sulfide) groups is 1. The third-order valence-electron chi connectivity index (χ3n) is 4.67. The summed E-state index contributed by atoms with van der Waals surface area (Å²) in [4.78, 5) is 53.0. The van der Waals surface area contributed by atoms with Crippen molar-refractivity contribution in [1.29, 1.82) is 0 Å². The SMILES string of the molecule is CSCC(NC(=O)C(Cc1ccccc1)n1c(=O)[nH]c2ccccc2c1=O)C(=O)O.